The zero-order chi connectivity index (χ0) is 20.9. The Kier molecular flexibility index (Phi) is 8.80. The maximum Gasteiger partial charge on any atom is 0.239 e. The van der Waals surface area contributed by atoms with Crippen molar-refractivity contribution >= 4 is 36.9 Å². The molecule has 170 valence electrons. The molecular formula is C26H44Cl2Si2. The summed E-state index contributed by atoms with van der Waals surface area (Å²) in [7, 11) is -4.25. The summed E-state index contributed by atoms with van der Waals surface area (Å²) in [5.74, 6) is 0. The first kappa shape index (κ1) is 23.7. The molecule has 0 aromatic heterocycles. The van der Waals surface area contributed by atoms with E-state index in [0.717, 1.165) is 22.2 Å². The molecule has 0 atom stereocenters. The molecule has 0 unspecified atom stereocenters. The van der Waals surface area contributed by atoms with Crippen molar-refractivity contribution in [1.29, 1.82) is 0 Å². The lowest BCUT2D eigenvalue weighted by Crippen LogP contribution is -2.44. The van der Waals surface area contributed by atoms with E-state index in [1.54, 1.807) is 0 Å². The second-order valence-corrected chi connectivity index (χ2v) is 21.7. The molecule has 0 spiro atoms. The average Bonchev–Trinajstić information content (AvgIpc) is 2.84. The third-order valence-corrected chi connectivity index (χ3v) is 21.8. The maximum absolute atomic E-state index is 7.81. The number of hydrogen-bond acceptors (Lipinski definition) is 0. The summed E-state index contributed by atoms with van der Waals surface area (Å²) in [6.07, 6.45) is 27.5. The molecule has 0 radical (unpaired) electrons. The Morgan fingerprint density at radius 1 is 0.367 bits per heavy atom. The van der Waals surface area contributed by atoms with Crippen LogP contribution in [-0.2, 0) is 0 Å². The van der Waals surface area contributed by atoms with Crippen LogP contribution < -0.4 is 0 Å². The molecular weight excluding hydrogens is 439 g/mol. The normalized spacial score (nSPS) is 26.9. The van der Waals surface area contributed by atoms with Crippen LogP contribution in [-0.4, -0.2) is 14.8 Å². The summed E-state index contributed by atoms with van der Waals surface area (Å²) in [4.78, 5) is 0. The van der Waals surface area contributed by atoms with Crippen molar-refractivity contribution in [2.75, 3.05) is 0 Å². The minimum absolute atomic E-state index is 0.733. The Hall–Kier alpha value is 0.574. The van der Waals surface area contributed by atoms with Crippen LogP contribution in [0.4, 0.5) is 0 Å². The molecule has 4 rings (SSSR count). The minimum Gasteiger partial charge on any atom is -0.149 e. The van der Waals surface area contributed by atoms with Crippen molar-refractivity contribution in [2.24, 2.45) is 0 Å². The lowest BCUT2D eigenvalue weighted by Gasteiger charge is -2.42. The molecule has 0 N–H and O–H groups in total. The van der Waals surface area contributed by atoms with Gasteiger partial charge in [0.2, 0.25) is 14.8 Å². The summed E-state index contributed by atoms with van der Waals surface area (Å²) in [5, 5.41) is 0. The minimum atomic E-state index is -2.12. The highest BCUT2D eigenvalue weighted by atomic mass is 35.6. The highest BCUT2D eigenvalue weighted by Crippen LogP contribution is 2.52. The van der Waals surface area contributed by atoms with E-state index in [0.29, 0.717) is 0 Å². The summed E-state index contributed by atoms with van der Waals surface area (Å²) < 4.78 is 0. The van der Waals surface area contributed by atoms with Gasteiger partial charge in [-0.2, -0.15) is 0 Å². The molecule has 0 nitrogen and oxygen atoms in total. The SMILES string of the molecule is Cl[Si](C#C[Si](Cl)(C1CCCCC1)C1CCCCC1)(C1CCCCC1)C1CCCCC1. The second kappa shape index (κ2) is 11.1. The average molecular weight is 484 g/mol. The van der Waals surface area contributed by atoms with Crippen molar-refractivity contribution in [3.05, 3.63) is 0 Å². The van der Waals surface area contributed by atoms with Crippen LogP contribution in [0.2, 0.25) is 22.2 Å². The molecule has 4 fully saturated rings. The Morgan fingerprint density at radius 3 is 0.767 bits per heavy atom. The van der Waals surface area contributed by atoms with Crippen molar-refractivity contribution < 1.29 is 0 Å². The third-order valence-electron chi connectivity index (χ3n) is 9.24. The van der Waals surface area contributed by atoms with Crippen LogP contribution in [0.1, 0.15) is 128 Å². The monoisotopic (exact) mass is 482 g/mol. The number of hydrogen-bond donors (Lipinski definition) is 0. The summed E-state index contributed by atoms with van der Waals surface area (Å²) in [5.41, 5.74) is 11.0. The van der Waals surface area contributed by atoms with Gasteiger partial charge in [0.1, 0.15) is 0 Å². The molecule has 0 bridgehead atoms. The van der Waals surface area contributed by atoms with Crippen molar-refractivity contribution in [3.8, 4) is 11.1 Å². The third kappa shape index (κ3) is 5.38. The van der Waals surface area contributed by atoms with E-state index in [1.807, 2.05) is 0 Å². The highest BCUT2D eigenvalue weighted by Gasteiger charge is 2.49. The Balaban J connectivity index is 1.65. The molecule has 4 aliphatic rings. The van der Waals surface area contributed by atoms with E-state index in [-0.39, 0.29) is 0 Å². The lowest BCUT2D eigenvalue weighted by molar-refractivity contribution is 0.461. The molecule has 30 heavy (non-hydrogen) atoms. The fourth-order valence-electron chi connectivity index (χ4n) is 7.36. The Bertz CT molecular complexity index is 500. The number of rotatable bonds is 4. The quantitative estimate of drug-likeness (QED) is 0.212. The van der Waals surface area contributed by atoms with Crippen LogP contribution in [0.15, 0.2) is 0 Å². The van der Waals surface area contributed by atoms with Gasteiger partial charge < -0.3 is 0 Å². The van der Waals surface area contributed by atoms with E-state index in [1.165, 1.54) is 128 Å². The molecule has 0 aromatic rings. The van der Waals surface area contributed by atoms with Crippen LogP contribution >= 0.6 is 22.2 Å². The summed E-state index contributed by atoms with van der Waals surface area (Å²) in [6.45, 7) is 0. The molecule has 4 saturated carbocycles. The molecule has 0 heterocycles. The van der Waals surface area contributed by atoms with Crippen LogP contribution in [0, 0.1) is 11.1 Å². The lowest BCUT2D eigenvalue weighted by atomic mass is 9.99. The van der Waals surface area contributed by atoms with Gasteiger partial charge >= 0.3 is 0 Å². The fourth-order valence-corrected chi connectivity index (χ4v) is 19.5. The van der Waals surface area contributed by atoms with Gasteiger partial charge in [0.15, 0.2) is 0 Å². The second-order valence-electron chi connectivity index (χ2n) is 11.1. The van der Waals surface area contributed by atoms with Crippen molar-refractivity contribution in [1.82, 2.24) is 0 Å². The van der Waals surface area contributed by atoms with Crippen LogP contribution in [0.25, 0.3) is 0 Å². The van der Waals surface area contributed by atoms with Gasteiger partial charge in [-0.1, -0.05) is 128 Å². The maximum atomic E-state index is 7.81. The van der Waals surface area contributed by atoms with Gasteiger partial charge in [0.25, 0.3) is 0 Å². The van der Waals surface area contributed by atoms with Crippen molar-refractivity contribution in [3.63, 3.8) is 0 Å². The van der Waals surface area contributed by atoms with E-state index in [9.17, 15) is 0 Å². The van der Waals surface area contributed by atoms with E-state index in [4.69, 9.17) is 22.2 Å². The van der Waals surface area contributed by atoms with Gasteiger partial charge in [-0.25, -0.2) is 0 Å². The summed E-state index contributed by atoms with van der Waals surface area (Å²) in [6, 6.07) is 0. The van der Waals surface area contributed by atoms with Crippen LogP contribution in [0.5, 0.6) is 0 Å². The smallest absolute Gasteiger partial charge is 0.149 e. The van der Waals surface area contributed by atoms with Gasteiger partial charge in [0, 0.05) is 0 Å². The molecule has 4 heteroatoms. The van der Waals surface area contributed by atoms with Gasteiger partial charge in [-0.15, -0.1) is 33.2 Å². The largest absolute Gasteiger partial charge is 0.239 e. The Morgan fingerprint density at radius 2 is 0.567 bits per heavy atom. The first-order chi connectivity index (χ1) is 14.6. The molecule has 0 aliphatic heterocycles. The van der Waals surface area contributed by atoms with Crippen LogP contribution in [0.3, 0.4) is 0 Å². The molecule has 0 amide bonds. The highest BCUT2D eigenvalue weighted by molar-refractivity contribution is 7.29. The topological polar surface area (TPSA) is 0 Å². The molecule has 0 aromatic carbocycles. The standard InChI is InChI=1S/C26H44Cl2Si2/c27-29(23-13-5-1-6-14-23,24-15-7-2-8-16-24)21-22-30(28,25-17-9-3-10-18-25)26-19-11-4-12-20-26/h23-26H,1-20H2. The first-order valence-corrected chi connectivity index (χ1v) is 19.9. The molecule has 4 aliphatic carbocycles. The zero-order valence-corrected chi connectivity index (χ0v) is 22.7. The predicted octanol–water partition coefficient (Wildman–Crippen LogP) is 9.77. The van der Waals surface area contributed by atoms with E-state index in [2.05, 4.69) is 11.1 Å². The van der Waals surface area contributed by atoms with Gasteiger partial charge in [0.05, 0.1) is 0 Å². The Labute approximate surface area is 198 Å². The number of halogens is 2. The van der Waals surface area contributed by atoms with E-state index < -0.39 is 14.8 Å². The van der Waals surface area contributed by atoms with Gasteiger partial charge in [-0.05, 0) is 22.2 Å². The van der Waals surface area contributed by atoms with E-state index >= 15 is 0 Å². The van der Waals surface area contributed by atoms with Gasteiger partial charge in [-0.3, -0.25) is 0 Å². The fraction of sp³-hybridized carbons (Fsp3) is 0.923. The first-order valence-electron chi connectivity index (χ1n) is 13.5. The summed E-state index contributed by atoms with van der Waals surface area (Å²) >= 11 is 15.6. The molecule has 0 saturated heterocycles. The van der Waals surface area contributed by atoms with Crippen molar-refractivity contribution in [2.45, 2.75) is 151 Å². The zero-order valence-electron chi connectivity index (χ0n) is 19.2. The predicted molar refractivity (Wildman–Crippen MR) is 138 cm³/mol.